The Labute approximate surface area is 121 Å². The molecule has 0 unspecified atom stereocenters. The van der Waals surface area contributed by atoms with E-state index in [9.17, 15) is 8.42 Å². The topological polar surface area (TPSA) is 74.1 Å². The molecule has 0 saturated carbocycles. The van der Waals surface area contributed by atoms with E-state index in [0.717, 1.165) is 5.56 Å². The highest BCUT2D eigenvalue weighted by Crippen LogP contribution is 2.27. The zero-order valence-electron chi connectivity index (χ0n) is 11.2. The first-order valence-electron chi connectivity index (χ1n) is 5.88. The van der Waals surface area contributed by atoms with Gasteiger partial charge in [0.15, 0.2) is 5.82 Å². The van der Waals surface area contributed by atoms with Gasteiger partial charge in [0.1, 0.15) is 5.75 Å². The third kappa shape index (κ3) is 2.78. The molecule has 0 bridgehead atoms. The van der Waals surface area contributed by atoms with E-state index in [2.05, 4.69) is 10.2 Å². The molecule has 0 aliphatic heterocycles. The van der Waals surface area contributed by atoms with E-state index < -0.39 is 9.05 Å². The van der Waals surface area contributed by atoms with Gasteiger partial charge in [-0.15, -0.1) is 10.2 Å². The van der Waals surface area contributed by atoms with E-state index in [4.69, 9.17) is 15.4 Å². The van der Waals surface area contributed by atoms with Crippen LogP contribution in [0.1, 0.15) is 19.9 Å². The molecule has 1 aromatic carbocycles. The van der Waals surface area contributed by atoms with Crippen LogP contribution in [0.15, 0.2) is 29.4 Å². The van der Waals surface area contributed by atoms with Crippen LogP contribution >= 0.6 is 10.7 Å². The van der Waals surface area contributed by atoms with Crippen molar-refractivity contribution in [1.29, 1.82) is 0 Å². The smallest absolute Gasteiger partial charge is 0.296 e. The predicted octanol–water partition coefficient (Wildman–Crippen LogP) is 2.46. The Morgan fingerprint density at radius 3 is 2.25 bits per heavy atom. The van der Waals surface area contributed by atoms with Gasteiger partial charge < -0.3 is 4.74 Å². The lowest BCUT2D eigenvalue weighted by Gasteiger charge is -2.12. The van der Waals surface area contributed by atoms with Gasteiger partial charge in [0.05, 0.1) is 7.11 Å². The van der Waals surface area contributed by atoms with Gasteiger partial charge >= 0.3 is 0 Å². The summed E-state index contributed by atoms with van der Waals surface area (Å²) in [6, 6.07) is 6.96. The number of ether oxygens (including phenoxy) is 1. The molecule has 1 aromatic heterocycles. The Bertz CT molecular complexity index is 708. The maximum atomic E-state index is 11.5. The third-order valence-corrected chi connectivity index (χ3v) is 3.88. The first-order chi connectivity index (χ1) is 9.34. The van der Waals surface area contributed by atoms with Gasteiger partial charge in [-0.25, -0.2) is 8.42 Å². The van der Waals surface area contributed by atoms with Crippen LogP contribution in [0.5, 0.6) is 5.75 Å². The van der Waals surface area contributed by atoms with Crippen LogP contribution in [0, 0.1) is 0 Å². The second kappa shape index (κ2) is 5.41. The van der Waals surface area contributed by atoms with E-state index in [1.807, 2.05) is 13.8 Å². The first-order valence-corrected chi connectivity index (χ1v) is 8.19. The molecule has 0 atom stereocenters. The third-order valence-electron chi connectivity index (χ3n) is 2.75. The molecule has 0 saturated heterocycles. The Morgan fingerprint density at radius 1 is 1.20 bits per heavy atom. The van der Waals surface area contributed by atoms with Crippen LogP contribution in [-0.4, -0.2) is 30.3 Å². The quantitative estimate of drug-likeness (QED) is 0.810. The molecule has 0 aliphatic rings. The lowest BCUT2D eigenvalue weighted by molar-refractivity contribution is 0.415. The maximum Gasteiger partial charge on any atom is 0.296 e. The summed E-state index contributed by atoms with van der Waals surface area (Å²) in [5, 5.41) is 7.38. The van der Waals surface area contributed by atoms with E-state index >= 15 is 0 Å². The summed E-state index contributed by atoms with van der Waals surface area (Å²) < 4.78 is 29.6. The summed E-state index contributed by atoms with van der Waals surface area (Å²) in [5.41, 5.74) is 0.735. The Kier molecular flexibility index (Phi) is 4.01. The standard InChI is InChI=1S/C12H14ClN3O3S/c1-8(2)16-11(14-15-12(16)20(13,17)18)9-4-6-10(19-3)7-5-9/h4-8H,1-3H3. The number of aromatic nitrogens is 3. The summed E-state index contributed by atoms with van der Waals surface area (Å²) in [6.07, 6.45) is 0. The van der Waals surface area contributed by atoms with Crippen molar-refractivity contribution in [2.45, 2.75) is 25.0 Å². The van der Waals surface area contributed by atoms with Gasteiger partial charge in [0, 0.05) is 22.3 Å². The summed E-state index contributed by atoms with van der Waals surface area (Å²) in [5.74, 6) is 1.15. The molecule has 1 heterocycles. The van der Waals surface area contributed by atoms with Crippen molar-refractivity contribution in [3.63, 3.8) is 0 Å². The van der Waals surface area contributed by atoms with Crippen molar-refractivity contribution in [3.05, 3.63) is 24.3 Å². The molecule has 0 aliphatic carbocycles. The summed E-state index contributed by atoms with van der Waals surface area (Å²) in [6.45, 7) is 3.67. The normalized spacial score (nSPS) is 11.8. The van der Waals surface area contributed by atoms with Gasteiger partial charge in [-0.2, -0.15) is 0 Å². The molecule has 20 heavy (non-hydrogen) atoms. The number of nitrogens with zero attached hydrogens (tertiary/aromatic N) is 3. The number of hydrogen-bond acceptors (Lipinski definition) is 5. The minimum absolute atomic E-state index is 0.148. The minimum Gasteiger partial charge on any atom is -0.497 e. The van der Waals surface area contributed by atoms with Gasteiger partial charge in [-0.1, -0.05) is 0 Å². The van der Waals surface area contributed by atoms with Gasteiger partial charge in [-0.3, -0.25) is 4.57 Å². The zero-order valence-corrected chi connectivity index (χ0v) is 12.8. The van der Waals surface area contributed by atoms with Crippen LogP contribution in [0.4, 0.5) is 0 Å². The maximum absolute atomic E-state index is 11.5. The molecule has 2 aromatic rings. The van der Waals surface area contributed by atoms with Gasteiger partial charge in [0.2, 0.25) is 0 Å². The first kappa shape index (κ1) is 14.8. The van der Waals surface area contributed by atoms with Gasteiger partial charge in [-0.05, 0) is 38.1 Å². The van der Waals surface area contributed by atoms with Crippen LogP contribution in [0.25, 0.3) is 11.4 Å². The monoisotopic (exact) mass is 315 g/mol. The van der Waals surface area contributed by atoms with Crippen LogP contribution in [0.2, 0.25) is 0 Å². The second-order valence-corrected chi connectivity index (χ2v) is 6.90. The lowest BCUT2D eigenvalue weighted by atomic mass is 10.2. The number of halogens is 1. The molecule has 0 spiro atoms. The summed E-state index contributed by atoms with van der Waals surface area (Å²) in [4.78, 5) is 0. The zero-order chi connectivity index (χ0) is 14.9. The molecule has 6 nitrogen and oxygen atoms in total. The fourth-order valence-electron chi connectivity index (χ4n) is 1.85. The predicted molar refractivity (Wildman–Crippen MR) is 75.4 cm³/mol. The summed E-state index contributed by atoms with van der Waals surface area (Å²) >= 11 is 0. The molecule has 0 N–H and O–H groups in total. The lowest BCUT2D eigenvalue weighted by Crippen LogP contribution is -2.10. The van der Waals surface area contributed by atoms with Crippen molar-refractivity contribution in [3.8, 4) is 17.1 Å². The molecule has 0 fully saturated rings. The molecule has 8 heteroatoms. The van der Waals surface area contributed by atoms with E-state index in [0.29, 0.717) is 11.6 Å². The Balaban J connectivity index is 2.59. The van der Waals surface area contributed by atoms with Crippen molar-refractivity contribution >= 4 is 19.7 Å². The number of hydrogen-bond donors (Lipinski definition) is 0. The van der Waals surface area contributed by atoms with E-state index in [-0.39, 0.29) is 11.2 Å². The van der Waals surface area contributed by atoms with Crippen molar-refractivity contribution in [2.24, 2.45) is 0 Å². The van der Waals surface area contributed by atoms with E-state index in [1.165, 1.54) is 4.57 Å². The van der Waals surface area contributed by atoms with Crippen LogP contribution in [-0.2, 0) is 9.05 Å². The highest BCUT2D eigenvalue weighted by Gasteiger charge is 2.24. The number of rotatable bonds is 4. The van der Waals surface area contributed by atoms with Crippen LogP contribution < -0.4 is 4.74 Å². The van der Waals surface area contributed by atoms with Gasteiger partial charge in [0.25, 0.3) is 14.2 Å². The Morgan fingerprint density at radius 2 is 1.80 bits per heavy atom. The second-order valence-electron chi connectivity index (χ2n) is 4.44. The highest BCUT2D eigenvalue weighted by atomic mass is 35.7. The van der Waals surface area contributed by atoms with Crippen molar-refractivity contribution in [1.82, 2.24) is 14.8 Å². The fraction of sp³-hybridized carbons (Fsp3) is 0.333. The molecule has 108 valence electrons. The SMILES string of the molecule is COc1ccc(-c2nnc(S(=O)(=O)Cl)n2C(C)C)cc1. The molecular formula is C12H14ClN3O3S. The highest BCUT2D eigenvalue weighted by molar-refractivity contribution is 8.13. The number of methoxy groups -OCH3 is 1. The van der Waals surface area contributed by atoms with E-state index in [1.54, 1.807) is 31.4 Å². The molecule has 2 rings (SSSR count). The van der Waals surface area contributed by atoms with Crippen molar-refractivity contribution in [2.75, 3.05) is 7.11 Å². The largest absolute Gasteiger partial charge is 0.497 e. The fourth-order valence-corrected chi connectivity index (χ4v) is 2.83. The minimum atomic E-state index is -3.94. The number of benzene rings is 1. The van der Waals surface area contributed by atoms with Crippen molar-refractivity contribution < 1.29 is 13.2 Å². The molecular weight excluding hydrogens is 302 g/mol. The summed E-state index contributed by atoms with van der Waals surface area (Å²) in [7, 11) is 3.02. The molecule has 0 radical (unpaired) electrons. The van der Waals surface area contributed by atoms with Crippen LogP contribution in [0.3, 0.4) is 0 Å². The average Bonchev–Trinajstić information content (AvgIpc) is 2.83. The Hall–Kier alpha value is -1.60. The average molecular weight is 316 g/mol. The molecule has 0 amide bonds.